The van der Waals surface area contributed by atoms with Crippen LogP contribution in [0.1, 0.15) is 51.6 Å². The summed E-state index contributed by atoms with van der Waals surface area (Å²) in [4.78, 5) is 56.6. The Morgan fingerprint density at radius 3 is 2.37 bits per heavy atom. The highest BCUT2D eigenvalue weighted by molar-refractivity contribution is 6.00. The molecule has 3 saturated heterocycles. The van der Waals surface area contributed by atoms with Crippen LogP contribution in [0.25, 0.3) is 11.0 Å². The van der Waals surface area contributed by atoms with E-state index < -0.39 is 47.4 Å². The molecule has 0 bridgehead atoms. The van der Waals surface area contributed by atoms with Gasteiger partial charge in [-0.15, -0.1) is 0 Å². The molecule has 0 N–H and O–H groups in total. The number of imidazole rings is 1. The van der Waals surface area contributed by atoms with E-state index in [0.29, 0.717) is 44.1 Å². The van der Waals surface area contributed by atoms with Gasteiger partial charge in [0.2, 0.25) is 5.91 Å². The fourth-order valence-electron chi connectivity index (χ4n) is 6.80. The normalized spacial score (nSPS) is 22.1. The molecule has 3 atom stereocenters. The third-order valence-corrected chi connectivity index (χ3v) is 9.43. The number of likely N-dealkylation sites (tertiary alicyclic amines) is 2. The van der Waals surface area contributed by atoms with Crippen molar-refractivity contribution in [3.05, 3.63) is 58.3 Å². The van der Waals surface area contributed by atoms with Crippen molar-refractivity contribution in [1.29, 1.82) is 0 Å². The average Bonchev–Trinajstić information content (AvgIpc) is 3.29. The zero-order chi connectivity index (χ0) is 35.2. The second kappa shape index (κ2) is 13.4. The number of halogens is 2. The van der Waals surface area contributed by atoms with Gasteiger partial charge in [-0.05, 0) is 63.4 Å². The number of hydrogen-bond acceptors (Lipinski definition) is 8. The number of piperidine rings is 2. The van der Waals surface area contributed by atoms with E-state index in [2.05, 4.69) is 0 Å². The average molecular weight is 684 g/mol. The van der Waals surface area contributed by atoms with E-state index in [4.69, 9.17) is 14.2 Å². The maximum Gasteiger partial charge on any atom is 0.410 e. The molecule has 14 heteroatoms. The van der Waals surface area contributed by atoms with Crippen molar-refractivity contribution in [1.82, 2.24) is 18.9 Å². The van der Waals surface area contributed by atoms with Gasteiger partial charge in [0.05, 0.1) is 44.1 Å². The van der Waals surface area contributed by atoms with Crippen molar-refractivity contribution in [2.75, 3.05) is 44.8 Å². The summed E-state index contributed by atoms with van der Waals surface area (Å²) >= 11 is 0. The number of rotatable bonds is 8. The third kappa shape index (κ3) is 6.87. The lowest BCUT2D eigenvalue weighted by Gasteiger charge is -2.42. The number of ether oxygens (including phenoxy) is 3. The van der Waals surface area contributed by atoms with Crippen molar-refractivity contribution in [3.63, 3.8) is 0 Å². The van der Waals surface area contributed by atoms with Gasteiger partial charge in [0.25, 0.3) is 5.91 Å². The van der Waals surface area contributed by atoms with Gasteiger partial charge in [-0.25, -0.2) is 18.4 Å². The van der Waals surface area contributed by atoms with Crippen LogP contribution in [0.3, 0.4) is 0 Å². The Labute approximate surface area is 283 Å². The van der Waals surface area contributed by atoms with Crippen molar-refractivity contribution < 1.29 is 37.4 Å². The Balaban J connectivity index is 1.10. The maximum atomic E-state index is 16.1. The number of carbonyl (C=O) groups excluding carboxylic acids is 3. The summed E-state index contributed by atoms with van der Waals surface area (Å²) in [5.41, 5.74) is 0.193. The number of hydrogen-bond donors (Lipinski definition) is 0. The van der Waals surface area contributed by atoms with Crippen molar-refractivity contribution in [2.45, 2.75) is 70.5 Å². The van der Waals surface area contributed by atoms with Crippen molar-refractivity contribution in [3.8, 4) is 5.75 Å². The molecule has 6 rings (SSSR count). The van der Waals surface area contributed by atoms with Crippen molar-refractivity contribution >= 4 is 34.6 Å². The minimum atomic E-state index is -1.34. The number of alkyl halides is 1. The molecule has 49 heavy (non-hydrogen) atoms. The lowest BCUT2D eigenvalue weighted by molar-refractivity contribution is -0.151. The number of imide groups is 1. The lowest BCUT2D eigenvalue weighted by atomic mass is 9.99. The van der Waals surface area contributed by atoms with Gasteiger partial charge in [0.1, 0.15) is 29.1 Å². The molecular formula is C35H43F2N5O7. The summed E-state index contributed by atoms with van der Waals surface area (Å²) in [6.07, 6.45) is -1.97. The fourth-order valence-corrected chi connectivity index (χ4v) is 6.80. The fraction of sp³-hybridized carbons (Fsp3) is 0.543. The van der Waals surface area contributed by atoms with E-state index in [1.807, 2.05) is 4.90 Å². The summed E-state index contributed by atoms with van der Waals surface area (Å²) in [7, 11) is 3.02. The molecule has 3 aromatic rings. The monoisotopic (exact) mass is 683 g/mol. The Kier molecular flexibility index (Phi) is 9.44. The molecule has 1 aromatic heterocycles. The molecule has 1 unspecified atom stereocenters. The quantitative estimate of drug-likeness (QED) is 0.325. The second-order valence-electron chi connectivity index (χ2n) is 14.1. The third-order valence-electron chi connectivity index (χ3n) is 9.43. The molecule has 3 aliphatic heterocycles. The van der Waals surface area contributed by atoms with Crippen LogP contribution < -0.4 is 15.3 Å². The van der Waals surface area contributed by atoms with Gasteiger partial charge < -0.3 is 24.0 Å². The van der Waals surface area contributed by atoms with E-state index in [9.17, 15) is 23.6 Å². The van der Waals surface area contributed by atoms with Crippen LogP contribution in [0.15, 0.2) is 41.2 Å². The molecule has 12 nitrogen and oxygen atoms in total. The topological polar surface area (TPSA) is 116 Å². The SMILES string of the molecule is COc1ccc(CN2C(=O)CCC(n3c(=O)n(C)c4c(F)c(N5CC(CO[C@@H]6CCN(C(=O)OC(C)(C)C)C[C@@H]6F)C5)ccc43)C2=O)cc1. The Morgan fingerprint density at radius 1 is 1.00 bits per heavy atom. The molecule has 0 aliphatic carbocycles. The number of fused-ring (bicyclic) bond motifs is 1. The summed E-state index contributed by atoms with van der Waals surface area (Å²) < 4.78 is 49.9. The first-order valence-electron chi connectivity index (χ1n) is 16.6. The van der Waals surface area contributed by atoms with Crippen LogP contribution in [0.2, 0.25) is 0 Å². The molecule has 2 aromatic carbocycles. The standard InChI is InChI=1S/C35H43F2N5O7/c1-35(2,3)49-34(46)39-15-14-28(24(36)19-39)48-20-22-16-40(17-22)25-10-11-26-31(30(25)37)38(4)33(45)42(26)27-12-13-29(43)41(32(27)44)18-21-6-8-23(47-5)9-7-21/h6-11,22,24,27-28H,12-20H2,1-5H3/t24-,27?,28+/m0/s1. The smallest absolute Gasteiger partial charge is 0.410 e. The first-order valence-corrected chi connectivity index (χ1v) is 16.6. The number of benzene rings is 2. The number of aromatic nitrogens is 2. The van der Waals surface area contributed by atoms with Crippen LogP contribution in [-0.2, 0) is 32.7 Å². The van der Waals surface area contributed by atoms with E-state index in [1.165, 1.54) is 21.1 Å². The number of amides is 3. The second-order valence-corrected chi connectivity index (χ2v) is 14.1. The van der Waals surface area contributed by atoms with Gasteiger partial charge in [0, 0.05) is 39.0 Å². The number of carbonyl (C=O) groups is 3. The highest BCUT2D eigenvalue weighted by Crippen LogP contribution is 2.35. The molecule has 3 fully saturated rings. The summed E-state index contributed by atoms with van der Waals surface area (Å²) in [5.74, 6) is -0.726. The minimum Gasteiger partial charge on any atom is -0.497 e. The molecule has 0 spiro atoms. The minimum absolute atomic E-state index is 0.0489. The predicted molar refractivity (Wildman–Crippen MR) is 177 cm³/mol. The molecule has 0 radical (unpaired) electrons. The highest BCUT2D eigenvalue weighted by atomic mass is 19.1. The van der Waals surface area contributed by atoms with Gasteiger partial charge >= 0.3 is 11.8 Å². The van der Waals surface area contributed by atoms with Gasteiger partial charge in [-0.1, -0.05) is 12.1 Å². The molecule has 3 aliphatic rings. The van der Waals surface area contributed by atoms with E-state index in [1.54, 1.807) is 64.3 Å². The molecule has 264 valence electrons. The zero-order valence-electron chi connectivity index (χ0n) is 28.5. The van der Waals surface area contributed by atoms with Gasteiger partial charge in [-0.3, -0.25) is 23.6 Å². The van der Waals surface area contributed by atoms with E-state index in [-0.39, 0.29) is 48.8 Å². The molecule has 0 saturated carbocycles. The van der Waals surface area contributed by atoms with Gasteiger partial charge in [-0.2, -0.15) is 0 Å². The van der Waals surface area contributed by atoms with Crippen LogP contribution in [0.5, 0.6) is 5.75 Å². The number of methoxy groups -OCH3 is 1. The van der Waals surface area contributed by atoms with Crippen LogP contribution in [-0.4, -0.2) is 94.6 Å². The summed E-state index contributed by atoms with van der Waals surface area (Å²) in [5, 5.41) is 0. The predicted octanol–water partition coefficient (Wildman–Crippen LogP) is 4.18. The highest BCUT2D eigenvalue weighted by Gasteiger charge is 2.39. The first kappa shape index (κ1) is 34.4. The van der Waals surface area contributed by atoms with E-state index in [0.717, 1.165) is 10.5 Å². The number of aryl methyl sites for hydroxylation is 1. The Bertz CT molecular complexity index is 1790. The van der Waals surface area contributed by atoms with E-state index >= 15 is 4.39 Å². The van der Waals surface area contributed by atoms with Crippen LogP contribution in [0.4, 0.5) is 19.3 Å². The zero-order valence-corrected chi connectivity index (χ0v) is 28.5. The lowest BCUT2D eigenvalue weighted by Crippen LogP contribution is -2.52. The van der Waals surface area contributed by atoms with Crippen LogP contribution in [0, 0.1) is 11.7 Å². The molecule has 4 heterocycles. The molecule has 3 amide bonds. The summed E-state index contributed by atoms with van der Waals surface area (Å²) in [6, 6.07) is 9.31. The summed E-state index contributed by atoms with van der Waals surface area (Å²) in [6.45, 7) is 6.84. The number of nitrogens with zero attached hydrogens (tertiary/aromatic N) is 5. The van der Waals surface area contributed by atoms with Crippen molar-refractivity contribution in [2.24, 2.45) is 13.0 Å². The Hall–Kier alpha value is -4.46. The van der Waals surface area contributed by atoms with Gasteiger partial charge in [0.15, 0.2) is 5.82 Å². The Morgan fingerprint density at radius 2 is 1.71 bits per heavy atom. The molecular weight excluding hydrogens is 640 g/mol. The largest absolute Gasteiger partial charge is 0.497 e. The van der Waals surface area contributed by atoms with Crippen LogP contribution >= 0.6 is 0 Å². The first-order chi connectivity index (χ1) is 23.3. The maximum absolute atomic E-state index is 16.1. The number of anilines is 1.